The second-order valence-corrected chi connectivity index (χ2v) is 5.98. The third-order valence-electron chi connectivity index (χ3n) is 3.14. The van der Waals surface area contributed by atoms with Gasteiger partial charge in [0.2, 0.25) is 0 Å². The van der Waals surface area contributed by atoms with Crippen LogP contribution >= 0.6 is 23.2 Å². The van der Waals surface area contributed by atoms with Gasteiger partial charge >= 0.3 is 5.97 Å². The summed E-state index contributed by atoms with van der Waals surface area (Å²) in [5, 5.41) is 4.85. The molecule has 2 aromatic rings. The maximum atomic E-state index is 13.4. The maximum Gasteiger partial charge on any atom is 0.325 e. The predicted octanol–water partition coefficient (Wildman–Crippen LogP) is 3.18. The smallest absolute Gasteiger partial charge is 0.325 e. The molecule has 142 valence electrons. The van der Waals surface area contributed by atoms with Crippen LogP contribution in [-0.2, 0) is 14.3 Å². The molecule has 2 aromatic carbocycles. The van der Waals surface area contributed by atoms with Crippen molar-refractivity contribution < 1.29 is 27.9 Å². The molecule has 0 aliphatic heterocycles. The summed E-state index contributed by atoms with van der Waals surface area (Å²) in [6, 6.07) is 6.80. The molecular weight excluding hydrogens is 405 g/mol. The van der Waals surface area contributed by atoms with E-state index in [-0.39, 0.29) is 16.3 Å². The maximum absolute atomic E-state index is 13.4. The lowest BCUT2D eigenvalue weighted by Crippen LogP contribution is -2.32. The number of amides is 2. The molecule has 0 bridgehead atoms. The fraction of sp³-hybridized carbons (Fsp3) is 0.118. The lowest BCUT2D eigenvalue weighted by atomic mass is 10.2. The molecule has 0 fully saturated rings. The SMILES string of the molecule is O=C(COC(=O)CNC(=O)c1ccc(Cl)cc1Cl)Nc1ccc(F)cc1F. The zero-order valence-electron chi connectivity index (χ0n) is 13.5. The first-order valence-corrected chi connectivity index (χ1v) is 8.15. The van der Waals surface area contributed by atoms with Crippen molar-refractivity contribution in [1.29, 1.82) is 0 Å². The van der Waals surface area contributed by atoms with Crippen LogP contribution < -0.4 is 10.6 Å². The summed E-state index contributed by atoms with van der Waals surface area (Å²) in [6.07, 6.45) is 0. The second-order valence-electron chi connectivity index (χ2n) is 5.14. The van der Waals surface area contributed by atoms with Crippen LogP contribution in [0, 0.1) is 11.6 Å². The molecule has 0 saturated heterocycles. The van der Waals surface area contributed by atoms with Crippen molar-refractivity contribution in [2.45, 2.75) is 0 Å². The molecule has 0 aliphatic rings. The van der Waals surface area contributed by atoms with Gasteiger partial charge in [0.25, 0.3) is 11.8 Å². The van der Waals surface area contributed by atoms with Crippen molar-refractivity contribution in [3.63, 3.8) is 0 Å². The molecule has 0 aliphatic carbocycles. The normalized spacial score (nSPS) is 10.2. The molecule has 2 amide bonds. The topological polar surface area (TPSA) is 84.5 Å². The summed E-state index contributed by atoms with van der Waals surface area (Å²) < 4.78 is 30.9. The van der Waals surface area contributed by atoms with Crippen LogP contribution in [0.2, 0.25) is 10.0 Å². The van der Waals surface area contributed by atoms with Gasteiger partial charge in [-0.1, -0.05) is 23.2 Å². The minimum atomic E-state index is -0.971. The van der Waals surface area contributed by atoms with Crippen molar-refractivity contribution in [2.75, 3.05) is 18.5 Å². The summed E-state index contributed by atoms with van der Waals surface area (Å²) >= 11 is 11.6. The van der Waals surface area contributed by atoms with Gasteiger partial charge in [-0.15, -0.1) is 0 Å². The Labute approximate surface area is 162 Å². The van der Waals surface area contributed by atoms with Gasteiger partial charge in [-0.05, 0) is 30.3 Å². The molecule has 0 atom stereocenters. The van der Waals surface area contributed by atoms with E-state index >= 15 is 0 Å². The average molecular weight is 417 g/mol. The lowest BCUT2D eigenvalue weighted by Gasteiger charge is -2.09. The molecule has 2 N–H and O–H groups in total. The zero-order chi connectivity index (χ0) is 20.0. The Hall–Kier alpha value is -2.71. The number of hydrogen-bond donors (Lipinski definition) is 2. The van der Waals surface area contributed by atoms with Gasteiger partial charge < -0.3 is 15.4 Å². The van der Waals surface area contributed by atoms with Crippen molar-refractivity contribution in [1.82, 2.24) is 5.32 Å². The summed E-state index contributed by atoms with van der Waals surface area (Å²) in [4.78, 5) is 35.1. The number of rotatable bonds is 6. The highest BCUT2D eigenvalue weighted by Gasteiger charge is 2.14. The van der Waals surface area contributed by atoms with E-state index in [2.05, 4.69) is 15.4 Å². The van der Waals surface area contributed by atoms with Gasteiger partial charge in [0, 0.05) is 11.1 Å². The van der Waals surface area contributed by atoms with Crippen LogP contribution in [0.15, 0.2) is 36.4 Å². The fourth-order valence-electron chi connectivity index (χ4n) is 1.90. The quantitative estimate of drug-likeness (QED) is 0.708. The van der Waals surface area contributed by atoms with E-state index in [4.69, 9.17) is 23.2 Å². The zero-order valence-corrected chi connectivity index (χ0v) is 15.0. The first kappa shape index (κ1) is 20.6. The third kappa shape index (κ3) is 6.19. The van der Waals surface area contributed by atoms with Gasteiger partial charge in [-0.3, -0.25) is 14.4 Å². The first-order chi connectivity index (χ1) is 12.8. The lowest BCUT2D eigenvalue weighted by molar-refractivity contribution is -0.146. The highest BCUT2D eigenvalue weighted by molar-refractivity contribution is 6.36. The summed E-state index contributed by atoms with van der Waals surface area (Å²) in [5.41, 5.74) is -0.151. The standard InChI is InChI=1S/C17H12Cl2F2N2O4/c18-9-1-3-11(12(19)5-9)17(26)22-7-16(25)27-8-15(24)23-14-4-2-10(20)6-13(14)21/h1-6H,7-8H2,(H,22,26)(H,23,24). The summed E-state index contributed by atoms with van der Waals surface area (Å²) in [7, 11) is 0. The van der Waals surface area contributed by atoms with Gasteiger partial charge in [0.1, 0.15) is 18.2 Å². The number of hydrogen-bond acceptors (Lipinski definition) is 4. The third-order valence-corrected chi connectivity index (χ3v) is 3.69. The molecular formula is C17H12Cl2F2N2O4. The number of carbonyl (C=O) groups is 3. The van der Waals surface area contributed by atoms with Crippen LogP contribution in [0.3, 0.4) is 0 Å². The van der Waals surface area contributed by atoms with Crippen molar-refractivity contribution >= 4 is 46.7 Å². The van der Waals surface area contributed by atoms with Gasteiger partial charge in [-0.2, -0.15) is 0 Å². The largest absolute Gasteiger partial charge is 0.454 e. The second kappa shape index (κ2) is 9.29. The van der Waals surface area contributed by atoms with Gasteiger partial charge in [-0.25, -0.2) is 8.78 Å². The molecule has 0 heterocycles. The minimum absolute atomic E-state index is 0.106. The van der Waals surface area contributed by atoms with Crippen molar-refractivity contribution in [3.8, 4) is 0 Å². The van der Waals surface area contributed by atoms with Crippen LogP contribution in [0.4, 0.5) is 14.5 Å². The Morgan fingerprint density at radius 2 is 1.78 bits per heavy atom. The van der Waals surface area contributed by atoms with E-state index in [1.807, 2.05) is 0 Å². The van der Waals surface area contributed by atoms with Gasteiger partial charge in [0.15, 0.2) is 6.61 Å². The Balaban J connectivity index is 1.78. The molecule has 0 unspecified atom stereocenters. The van der Waals surface area contributed by atoms with Crippen molar-refractivity contribution in [3.05, 3.63) is 63.6 Å². The first-order valence-electron chi connectivity index (χ1n) is 7.40. The van der Waals surface area contributed by atoms with E-state index in [0.717, 1.165) is 12.1 Å². The Bertz CT molecular complexity index is 893. The number of carbonyl (C=O) groups excluding carboxylic acids is 3. The average Bonchev–Trinajstić information content (AvgIpc) is 2.60. The molecule has 6 nitrogen and oxygen atoms in total. The molecule has 2 rings (SSSR count). The summed E-state index contributed by atoms with van der Waals surface area (Å²) in [6.45, 7) is -1.23. The molecule has 0 saturated carbocycles. The van der Waals surface area contributed by atoms with Gasteiger partial charge in [0.05, 0.1) is 16.3 Å². The van der Waals surface area contributed by atoms with Crippen LogP contribution in [-0.4, -0.2) is 30.9 Å². The number of halogens is 4. The van der Waals surface area contributed by atoms with E-state index < -0.39 is 42.6 Å². The molecule has 0 aromatic heterocycles. The molecule has 0 spiro atoms. The molecule has 0 radical (unpaired) electrons. The monoisotopic (exact) mass is 416 g/mol. The van der Waals surface area contributed by atoms with Crippen LogP contribution in [0.25, 0.3) is 0 Å². The number of benzene rings is 2. The molecule has 10 heteroatoms. The number of anilines is 1. The predicted molar refractivity (Wildman–Crippen MR) is 94.7 cm³/mol. The minimum Gasteiger partial charge on any atom is -0.454 e. The fourth-order valence-corrected chi connectivity index (χ4v) is 2.39. The Morgan fingerprint density at radius 1 is 1.04 bits per heavy atom. The number of nitrogens with one attached hydrogen (secondary N) is 2. The van der Waals surface area contributed by atoms with Crippen LogP contribution in [0.1, 0.15) is 10.4 Å². The van der Waals surface area contributed by atoms with Crippen LogP contribution in [0.5, 0.6) is 0 Å². The number of ether oxygens (including phenoxy) is 1. The van der Waals surface area contributed by atoms with Crippen molar-refractivity contribution in [2.24, 2.45) is 0 Å². The highest BCUT2D eigenvalue weighted by Crippen LogP contribution is 2.20. The Kier molecular flexibility index (Phi) is 7.09. The number of esters is 1. The van der Waals surface area contributed by atoms with E-state index in [1.54, 1.807) is 0 Å². The summed E-state index contributed by atoms with van der Waals surface area (Å²) in [5.74, 6) is -4.13. The van der Waals surface area contributed by atoms with E-state index in [0.29, 0.717) is 11.1 Å². The highest BCUT2D eigenvalue weighted by atomic mass is 35.5. The van der Waals surface area contributed by atoms with E-state index in [9.17, 15) is 23.2 Å². The Morgan fingerprint density at radius 3 is 2.44 bits per heavy atom. The van der Waals surface area contributed by atoms with E-state index in [1.165, 1.54) is 18.2 Å². The molecule has 27 heavy (non-hydrogen) atoms.